The molecule has 3 rings (SSSR count). The zero-order valence-corrected chi connectivity index (χ0v) is 13.5. The summed E-state index contributed by atoms with van der Waals surface area (Å²) >= 11 is 1.84. The van der Waals surface area contributed by atoms with Crippen LogP contribution in [-0.2, 0) is 18.7 Å². The molecule has 5 heteroatoms. The van der Waals surface area contributed by atoms with Gasteiger partial charge in [0.1, 0.15) is 11.6 Å². The molecule has 0 amide bonds. The second kappa shape index (κ2) is 6.62. The SMILES string of the molecule is CNC(C)c1ccc(SCc2nnc3n2CCCC3)cc1. The van der Waals surface area contributed by atoms with Crippen LogP contribution in [0.15, 0.2) is 29.2 Å². The molecular formula is C16H22N4S. The van der Waals surface area contributed by atoms with E-state index in [1.807, 2.05) is 18.8 Å². The quantitative estimate of drug-likeness (QED) is 0.861. The maximum absolute atomic E-state index is 4.35. The maximum Gasteiger partial charge on any atom is 0.143 e. The van der Waals surface area contributed by atoms with Crippen molar-refractivity contribution in [3.05, 3.63) is 41.5 Å². The van der Waals surface area contributed by atoms with Crippen molar-refractivity contribution in [2.45, 2.75) is 49.4 Å². The predicted octanol–water partition coefficient (Wildman–Crippen LogP) is 3.19. The highest BCUT2D eigenvalue weighted by Crippen LogP contribution is 2.25. The van der Waals surface area contributed by atoms with Crippen LogP contribution in [0.25, 0.3) is 0 Å². The first kappa shape index (κ1) is 14.6. The van der Waals surface area contributed by atoms with Crippen LogP contribution in [0.4, 0.5) is 0 Å². The Balaban J connectivity index is 1.64. The van der Waals surface area contributed by atoms with Crippen molar-refractivity contribution in [1.29, 1.82) is 0 Å². The molecule has 2 aromatic rings. The fourth-order valence-corrected chi connectivity index (χ4v) is 3.48. The second-order valence-electron chi connectivity index (χ2n) is 5.51. The Morgan fingerprint density at radius 3 is 2.81 bits per heavy atom. The molecule has 1 aromatic carbocycles. The maximum atomic E-state index is 4.35. The first-order valence-corrected chi connectivity index (χ1v) is 8.57. The van der Waals surface area contributed by atoms with Crippen molar-refractivity contribution in [2.75, 3.05) is 7.05 Å². The Kier molecular flexibility index (Phi) is 4.60. The summed E-state index contributed by atoms with van der Waals surface area (Å²) in [5.41, 5.74) is 1.32. The summed E-state index contributed by atoms with van der Waals surface area (Å²) in [6.45, 7) is 3.25. The Morgan fingerprint density at radius 1 is 1.24 bits per heavy atom. The second-order valence-corrected chi connectivity index (χ2v) is 6.56. The lowest BCUT2D eigenvalue weighted by atomic mass is 10.1. The van der Waals surface area contributed by atoms with Gasteiger partial charge in [0.25, 0.3) is 0 Å². The third-order valence-corrected chi connectivity index (χ3v) is 5.13. The van der Waals surface area contributed by atoms with Crippen LogP contribution >= 0.6 is 11.8 Å². The summed E-state index contributed by atoms with van der Waals surface area (Å²) < 4.78 is 2.30. The van der Waals surface area contributed by atoms with Crippen LogP contribution in [0.2, 0.25) is 0 Å². The lowest BCUT2D eigenvalue weighted by Gasteiger charge is -2.14. The smallest absolute Gasteiger partial charge is 0.143 e. The summed E-state index contributed by atoms with van der Waals surface area (Å²) in [5.74, 6) is 3.17. The highest BCUT2D eigenvalue weighted by Gasteiger charge is 2.15. The Hall–Kier alpha value is -1.33. The molecule has 1 aliphatic heterocycles. The molecule has 0 spiro atoms. The molecule has 0 radical (unpaired) electrons. The van der Waals surface area contributed by atoms with Gasteiger partial charge in [-0.25, -0.2) is 0 Å². The molecular weight excluding hydrogens is 280 g/mol. The lowest BCUT2D eigenvalue weighted by molar-refractivity contribution is 0.513. The van der Waals surface area contributed by atoms with Crippen LogP contribution in [0.1, 0.15) is 43.0 Å². The molecule has 0 fully saturated rings. The first-order valence-electron chi connectivity index (χ1n) is 7.59. The van der Waals surface area contributed by atoms with Gasteiger partial charge in [0, 0.05) is 23.9 Å². The summed E-state index contributed by atoms with van der Waals surface area (Å²) in [5, 5.41) is 11.9. The van der Waals surface area contributed by atoms with E-state index in [4.69, 9.17) is 0 Å². The summed E-state index contributed by atoms with van der Waals surface area (Å²) in [4.78, 5) is 1.29. The fourth-order valence-electron chi connectivity index (χ4n) is 2.64. The number of rotatable bonds is 5. The summed E-state index contributed by atoms with van der Waals surface area (Å²) in [7, 11) is 1.99. The molecule has 1 aromatic heterocycles. The van der Waals surface area contributed by atoms with Crippen molar-refractivity contribution in [3.8, 4) is 0 Å². The number of hydrogen-bond donors (Lipinski definition) is 1. The van der Waals surface area contributed by atoms with Crippen LogP contribution in [-0.4, -0.2) is 21.8 Å². The van der Waals surface area contributed by atoms with Crippen molar-refractivity contribution >= 4 is 11.8 Å². The van der Waals surface area contributed by atoms with E-state index in [0.717, 1.165) is 30.4 Å². The van der Waals surface area contributed by atoms with Crippen molar-refractivity contribution in [1.82, 2.24) is 20.1 Å². The molecule has 1 N–H and O–H groups in total. The van der Waals surface area contributed by atoms with Crippen molar-refractivity contribution in [3.63, 3.8) is 0 Å². The van der Waals surface area contributed by atoms with Crippen LogP contribution < -0.4 is 5.32 Å². The molecule has 4 nitrogen and oxygen atoms in total. The number of aryl methyl sites for hydroxylation is 1. The summed E-state index contributed by atoms with van der Waals surface area (Å²) in [6, 6.07) is 9.18. The normalized spacial score (nSPS) is 15.7. The van der Waals surface area contributed by atoms with E-state index in [9.17, 15) is 0 Å². The zero-order chi connectivity index (χ0) is 14.7. The topological polar surface area (TPSA) is 42.7 Å². The summed E-state index contributed by atoms with van der Waals surface area (Å²) in [6.07, 6.45) is 3.57. The molecule has 1 unspecified atom stereocenters. The monoisotopic (exact) mass is 302 g/mol. The minimum Gasteiger partial charge on any atom is -0.314 e. The minimum absolute atomic E-state index is 0.396. The third-order valence-electron chi connectivity index (χ3n) is 4.12. The predicted molar refractivity (Wildman–Crippen MR) is 86.4 cm³/mol. The third kappa shape index (κ3) is 3.30. The van der Waals surface area contributed by atoms with Gasteiger partial charge in [-0.15, -0.1) is 22.0 Å². The van der Waals surface area contributed by atoms with Gasteiger partial charge in [-0.2, -0.15) is 0 Å². The van der Waals surface area contributed by atoms with Gasteiger partial charge >= 0.3 is 0 Å². The molecule has 2 heterocycles. The highest BCUT2D eigenvalue weighted by atomic mass is 32.2. The van der Waals surface area contributed by atoms with E-state index in [0.29, 0.717) is 6.04 Å². The van der Waals surface area contributed by atoms with Crippen LogP contribution in [0.5, 0.6) is 0 Å². The number of thioether (sulfide) groups is 1. The van der Waals surface area contributed by atoms with Gasteiger partial charge in [0.15, 0.2) is 0 Å². The standard InChI is InChI=1S/C16H22N4S/c1-12(17-2)13-6-8-14(9-7-13)21-11-16-19-18-15-5-3-4-10-20(15)16/h6-9,12,17H,3-5,10-11H2,1-2H3. The first-order chi connectivity index (χ1) is 10.3. The number of nitrogens with zero attached hydrogens (tertiary/aromatic N) is 3. The molecule has 112 valence electrons. The number of fused-ring (bicyclic) bond motifs is 1. The van der Waals surface area contributed by atoms with E-state index < -0.39 is 0 Å². The zero-order valence-electron chi connectivity index (χ0n) is 12.7. The lowest BCUT2D eigenvalue weighted by Crippen LogP contribution is -2.12. The van der Waals surface area contributed by atoms with Gasteiger partial charge in [0.2, 0.25) is 0 Å². The molecule has 0 saturated carbocycles. The van der Waals surface area contributed by atoms with E-state index in [-0.39, 0.29) is 0 Å². The molecule has 0 aliphatic carbocycles. The Labute approximate surface area is 130 Å². The van der Waals surface area contributed by atoms with Crippen molar-refractivity contribution < 1.29 is 0 Å². The number of hydrogen-bond acceptors (Lipinski definition) is 4. The molecule has 0 bridgehead atoms. The largest absolute Gasteiger partial charge is 0.314 e. The molecule has 0 saturated heterocycles. The number of benzene rings is 1. The molecule has 1 atom stereocenters. The van der Waals surface area contributed by atoms with Gasteiger partial charge in [-0.05, 0) is 44.5 Å². The van der Waals surface area contributed by atoms with Gasteiger partial charge < -0.3 is 9.88 Å². The average molecular weight is 302 g/mol. The average Bonchev–Trinajstić information content (AvgIpc) is 2.96. The highest BCUT2D eigenvalue weighted by molar-refractivity contribution is 7.98. The van der Waals surface area contributed by atoms with Crippen molar-refractivity contribution in [2.24, 2.45) is 0 Å². The molecule has 1 aliphatic rings. The van der Waals surface area contributed by atoms with E-state index >= 15 is 0 Å². The fraction of sp³-hybridized carbons (Fsp3) is 0.500. The van der Waals surface area contributed by atoms with E-state index in [2.05, 4.69) is 51.3 Å². The van der Waals surface area contributed by atoms with E-state index in [1.165, 1.54) is 23.3 Å². The number of nitrogens with one attached hydrogen (secondary N) is 1. The van der Waals surface area contributed by atoms with Gasteiger partial charge in [0.05, 0.1) is 5.75 Å². The van der Waals surface area contributed by atoms with E-state index in [1.54, 1.807) is 0 Å². The Bertz CT molecular complexity index is 591. The van der Waals surface area contributed by atoms with Crippen LogP contribution in [0.3, 0.4) is 0 Å². The van der Waals surface area contributed by atoms with Gasteiger partial charge in [-0.1, -0.05) is 12.1 Å². The molecule has 21 heavy (non-hydrogen) atoms. The van der Waals surface area contributed by atoms with Gasteiger partial charge in [-0.3, -0.25) is 0 Å². The minimum atomic E-state index is 0.396. The van der Waals surface area contributed by atoms with Crippen LogP contribution in [0, 0.1) is 0 Å². The Morgan fingerprint density at radius 2 is 2.05 bits per heavy atom. The number of aromatic nitrogens is 3.